The molecular formula is C14H11FN4O2. The standard InChI is InChI=1S/C14H11FN4O2/c1-9(11-4-2-3-5-12(11)15)18-14-13(19(20)21)6-10(7-16)8-17-14/h2-6,8-9H,1H3,(H,17,18). The minimum Gasteiger partial charge on any atom is -0.358 e. The van der Waals surface area contributed by atoms with Gasteiger partial charge in [0, 0.05) is 17.8 Å². The van der Waals surface area contributed by atoms with Gasteiger partial charge in [-0.15, -0.1) is 0 Å². The van der Waals surface area contributed by atoms with Crippen LogP contribution in [0.15, 0.2) is 36.5 Å². The number of nitrogens with zero attached hydrogens (tertiary/aromatic N) is 3. The van der Waals surface area contributed by atoms with Crippen molar-refractivity contribution in [1.82, 2.24) is 4.98 Å². The zero-order chi connectivity index (χ0) is 15.4. The van der Waals surface area contributed by atoms with E-state index in [0.29, 0.717) is 5.56 Å². The van der Waals surface area contributed by atoms with Gasteiger partial charge < -0.3 is 5.32 Å². The highest BCUT2D eigenvalue weighted by Gasteiger charge is 2.19. The third-order valence-electron chi connectivity index (χ3n) is 2.92. The number of hydrogen-bond acceptors (Lipinski definition) is 5. The summed E-state index contributed by atoms with van der Waals surface area (Å²) < 4.78 is 13.7. The predicted molar refractivity (Wildman–Crippen MR) is 74.0 cm³/mol. The van der Waals surface area contributed by atoms with Crippen molar-refractivity contribution in [3.05, 3.63) is 63.6 Å². The summed E-state index contributed by atoms with van der Waals surface area (Å²) in [7, 11) is 0. The summed E-state index contributed by atoms with van der Waals surface area (Å²) in [5.41, 5.74) is 0.140. The maximum atomic E-state index is 13.7. The first kappa shape index (κ1) is 14.4. The largest absolute Gasteiger partial charge is 0.358 e. The molecule has 0 amide bonds. The van der Waals surface area contributed by atoms with Gasteiger partial charge in [-0.05, 0) is 13.0 Å². The molecule has 21 heavy (non-hydrogen) atoms. The first-order chi connectivity index (χ1) is 10.0. The number of aromatic nitrogens is 1. The van der Waals surface area contributed by atoms with E-state index in [1.165, 1.54) is 12.3 Å². The van der Waals surface area contributed by atoms with Crippen LogP contribution in [0.5, 0.6) is 0 Å². The average Bonchev–Trinajstić information content (AvgIpc) is 2.47. The number of nitro groups is 1. The van der Waals surface area contributed by atoms with Gasteiger partial charge in [-0.2, -0.15) is 5.26 Å². The molecule has 1 N–H and O–H groups in total. The lowest BCUT2D eigenvalue weighted by molar-refractivity contribution is -0.384. The average molecular weight is 286 g/mol. The molecule has 1 heterocycles. The van der Waals surface area contributed by atoms with Crippen LogP contribution in [0.2, 0.25) is 0 Å². The summed E-state index contributed by atoms with van der Waals surface area (Å²) in [5, 5.41) is 22.6. The predicted octanol–water partition coefficient (Wildman–Crippen LogP) is 3.17. The number of hydrogen-bond donors (Lipinski definition) is 1. The molecule has 0 aliphatic carbocycles. The summed E-state index contributed by atoms with van der Waals surface area (Å²) in [6.07, 6.45) is 1.23. The second-order valence-corrected chi connectivity index (χ2v) is 4.35. The Kier molecular flexibility index (Phi) is 4.09. The van der Waals surface area contributed by atoms with Crippen LogP contribution in [0.4, 0.5) is 15.9 Å². The van der Waals surface area contributed by atoms with E-state index >= 15 is 0 Å². The quantitative estimate of drug-likeness (QED) is 0.688. The molecule has 106 valence electrons. The molecule has 1 atom stereocenters. The SMILES string of the molecule is CC(Nc1ncc(C#N)cc1[N+](=O)[O-])c1ccccc1F. The highest BCUT2D eigenvalue weighted by molar-refractivity contribution is 5.59. The van der Waals surface area contributed by atoms with E-state index in [2.05, 4.69) is 10.3 Å². The second kappa shape index (κ2) is 5.96. The normalized spacial score (nSPS) is 11.5. The van der Waals surface area contributed by atoms with Crippen LogP contribution in [0.3, 0.4) is 0 Å². The zero-order valence-corrected chi connectivity index (χ0v) is 11.1. The Morgan fingerprint density at radius 2 is 2.19 bits per heavy atom. The first-order valence-electron chi connectivity index (χ1n) is 6.08. The molecule has 6 nitrogen and oxygen atoms in total. The van der Waals surface area contributed by atoms with Crippen LogP contribution in [0.25, 0.3) is 0 Å². The number of nitrogens with one attached hydrogen (secondary N) is 1. The Morgan fingerprint density at radius 3 is 2.81 bits per heavy atom. The molecule has 0 aliphatic heterocycles. The molecule has 0 spiro atoms. The van der Waals surface area contributed by atoms with Crippen LogP contribution in [-0.4, -0.2) is 9.91 Å². The van der Waals surface area contributed by atoms with Crippen molar-refractivity contribution < 1.29 is 9.31 Å². The van der Waals surface area contributed by atoms with E-state index in [9.17, 15) is 14.5 Å². The topological polar surface area (TPSA) is 91.8 Å². The zero-order valence-electron chi connectivity index (χ0n) is 11.1. The molecule has 2 rings (SSSR count). The number of nitriles is 1. The van der Waals surface area contributed by atoms with Gasteiger partial charge in [0.25, 0.3) is 0 Å². The molecule has 7 heteroatoms. The minimum absolute atomic E-state index is 0.00486. The number of benzene rings is 1. The fourth-order valence-corrected chi connectivity index (χ4v) is 1.87. The molecule has 1 aromatic heterocycles. The van der Waals surface area contributed by atoms with Gasteiger partial charge in [-0.25, -0.2) is 9.37 Å². The van der Waals surface area contributed by atoms with Gasteiger partial charge in [0.2, 0.25) is 5.82 Å². The Hall–Kier alpha value is -3.01. The molecule has 2 aromatic rings. The van der Waals surface area contributed by atoms with Gasteiger partial charge in [-0.1, -0.05) is 18.2 Å². The van der Waals surface area contributed by atoms with Crippen molar-refractivity contribution >= 4 is 11.5 Å². The lowest BCUT2D eigenvalue weighted by Crippen LogP contribution is -2.11. The molecule has 0 fully saturated rings. The van der Waals surface area contributed by atoms with E-state index < -0.39 is 16.8 Å². The van der Waals surface area contributed by atoms with Gasteiger partial charge in [0.15, 0.2) is 0 Å². The van der Waals surface area contributed by atoms with E-state index in [1.807, 2.05) is 0 Å². The fourth-order valence-electron chi connectivity index (χ4n) is 1.87. The maximum Gasteiger partial charge on any atom is 0.312 e. The molecule has 0 aliphatic rings. The summed E-state index contributed by atoms with van der Waals surface area (Å²) in [4.78, 5) is 14.3. The highest BCUT2D eigenvalue weighted by Crippen LogP contribution is 2.27. The molecule has 0 bridgehead atoms. The van der Waals surface area contributed by atoms with Gasteiger partial charge >= 0.3 is 5.69 Å². The Bertz CT molecular complexity index is 727. The monoisotopic (exact) mass is 286 g/mol. The molecule has 1 aromatic carbocycles. The van der Waals surface area contributed by atoms with E-state index in [0.717, 1.165) is 6.07 Å². The summed E-state index contributed by atoms with van der Waals surface area (Å²) in [5.74, 6) is -0.413. The van der Waals surface area contributed by atoms with Crippen LogP contribution in [0.1, 0.15) is 24.1 Å². The lowest BCUT2D eigenvalue weighted by atomic mass is 10.1. The molecule has 0 saturated carbocycles. The van der Waals surface area contributed by atoms with Crippen molar-refractivity contribution in [2.24, 2.45) is 0 Å². The third kappa shape index (κ3) is 3.12. The molecular weight excluding hydrogens is 275 g/mol. The van der Waals surface area contributed by atoms with Crippen LogP contribution in [0, 0.1) is 27.3 Å². The minimum atomic E-state index is -0.635. The number of halogens is 1. The van der Waals surface area contributed by atoms with Gasteiger partial charge in [0.05, 0.1) is 16.5 Å². The van der Waals surface area contributed by atoms with Crippen molar-refractivity contribution in [3.8, 4) is 6.07 Å². The fraction of sp³-hybridized carbons (Fsp3) is 0.143. The van der Waals surface area contributed by atoms with Crippen LogP contribution >= 0.6 is 0 Å². The summed E-state index contributed by atoms with van der Waals surface area (Å²) in [6, 6.07) is 8.55. The number of pyridine rings is 1. The molecule has 0 saturated heterocycles. The van der Waals surface area contributed by atoms with Crippen molar-refractivity contribution in [1.29, 1.82) is 5.26 Å². The summed E-state index contributed by atoms with van der Waals surface area (Å²) >= 11 is 0. The van der Waals surface area contributed by atoms with Crippen LogP contribution < -0.4 is 5.32 Å². The van der Waals surface area contributed by atoms with Crippen molar-refractivity contribution in [2.45, 2.75) is 13.0 Å². The van der Waals surface area contributed by atoms with Crippen LogP contribution in [-0.2, 0) is 0 Å². The highest BCUT2D eigenvalue weighted by atomic mass is 19.1. The third-order valence-corrected chi connectivity index (χ3v) is 2.92. The Balaban J connectivity index is 2.34. The molecule has 0 radical (unpaired) electrons. The maximum absolute atomic E-state index is 13.7. The van der Waals surface area contributed by atoms with Gasteiger partial charge in [-0.3, -0.25) is 10.1 Å². The van der Waals surface area contributed by atoms with Gasteiger partial charge in [0.1, 0.15) is 11.9 Å². The number of anilines is 1. The lowest BCUT2D eigenvalue weighted by Gasteiger charge is -2.15. The van der Waals surface area contributed by atoms with E-state index in [-0.39, 0.29) is 17.1 Å². The second-order valence-electron chi connectivity index (χ2n) is 4.35. The smallest absolute Gasteiger partial charge is 0.312 e. The Labute approximate surface area is 120 Å². The van der Waals surface area contributed by atoms with E-state index in [4.69, 9.17) is 5.26 Å². The summed E-state index contributed by atoms with van der Waals surface area (Å²) in [6.45, 7) is 1.67. The Morgan fingerprint density at radius 1 is 1.48 bits per heavy atom. The van der Waals surface area contributed by atoms with Crippen molar-refractivity contribution in [3.63, 3.8) is 0 Å². The first-order valence-corrected chi connectivity index (χ1v) is 6.08. The van der Waals surface area contributed by atoms with E-state index in [1.54, 1.807) is 31.2 Å². The van der Waals surface area contributed by atoms with Crippen molar-refractivity contribution in [2.75, 3.05) is 5.32 Å². The molecule has 1 unspecified atom stereocenters. The number of rotatable bonds is 4.